The van der Waals surface area contributed by atoms with Crippen LogP contribution in [0.2, 0.25) is 0 Å². The summed E-state index contributed by atoms with van der Waals surface area (Å²) in [5.74, 6) is 1.25. The quantitative estimate of drug-likeness (QED) is 0.632. The highest BCUT2D eigenvalue weighted by Crippen LogP contribution is 2.31. The van der Waals surface area contributed by atoms with Gasteiger partial charge in [-0.25, -0.2) is 0 Å². The highest BCUT2D eigenvalue weighted by Gasteiger charge is 2.29. The maximum absolute atomic E-state index is 12.6. The van der Waals surface area contributed by atoms with E-state index in [4.69, 9.17) is 9.47 Å². The lowest BCUT2D eigenvalue weighted by molar-refractivity contribution is -0.137. The van der Waals surface area contributed by atoms with Crippen molar-refractivity contribution >= 4 is 11.6 Å². The van der Waals surface area contributed by atoms with Crippen LogP contribution in [0.3, 0.4) is 0 Å². The molecule has 0 bridgehead atoms. The smallest absolute Gasteiger partial charge is 0.416 e. The molecule has 0 radical (unpaired) electrons. The number of rotatable bonds is 5. The fourth-order valence-electron chi connectivity index (χ4n) is 2.34. The Morgan fingerprint density at radius 3 is 2.08 bits per heavy atom. The average molecular weight is 348 g/mol. The fraction of sp³-hybridized carbons (Fsp3) is 0.200. The van der Waals surface area contributed by atoms with Gasteiger partial charge in [0.1, 0.15) is 0 Å². The van der Waals surface area contributed by atoms with E-state index in [9.17, 15) is 13.2 Å². The van der Waals surface area contributed by atoms with Gasteiger partial charge in [0, 0.05) is 0 Å². The molecule has 2 nitrogen and oxygen atoms in total. The monoisotopic (exact) mass is 348 g/mol. The number of benzene rings is 2. The van der Waals surface area contributed by atoms with Crippen LogP contribution in [0.15, 0.2) is 54.6 Å². The van der Waals surface area contributed by atoms with Gasteiger partial charge in [-0.05, 0) is 47.9 Å². The van der Waals surface area contributed by atoms with E-state index in [2.05, 4.69) is 0 Å². The van der Waals surface area contributed by atoms with Crippen molar-refractivity contribution in [2.45, 2.75) is 13.1 Å². The van der Waals surface area contributed by atoms with Crippen molar-refractivity contribution in [3.8, 4) is 11.5 Å². The number of allylic oxidation sites excluding steroid dienone is 3. The van der Waals surface area contributed by atoms with Gasteiger partial charge in [0.15, 0.2) is 11.5 Å². The van der Waals surface area contributed by atoms with E-state index in [0.29, 0.717) is 17.1 Å². The summed E-state index contributed by atoms with van der Waals surface area (Å²) < 4.78 is 48.3. The third kappa shape index (κ3) is 4.66. The molecule has 2 aromatic carbocycles. The second-order valence-corrected chi connectivity index (χ2v) is 5.27. The van der Waals surface area contributed by atoms with Gasteiger partial charge in [0.2, 0.25) is 0 Å². The first-order valence-corrected chi connectivity index (χ1v) is 7.63. The fourth-order valence-corrected chi connectivity index (χ4v) is 2.34. The molecule has 0 aliphatic heterocycles. The Balaban J connectivity index is 2.24. The molecular weight excluding hydrogens is 329 g/mol. The molecule has 0 saturated carbocycles. The van der Waals surface area contributed by atoms with Crippen LogP contribution in [0, 0.1) is 0 Å². The number of hydrogen-bond acceptors (Lipinski definition) is 2. The van der Waals surface area contributed by atoms with Crippen LogP contribution < -0.4 is 9.47 Å². The minimum absolute atomic E-state index is 0.613. The molecule has 0 aliphatic rings. The topological polar surface area (TPSA) is 18.5 Å². The predicted molar refractivity (Wildman–Crippen MR) is 93.7 cm³/mol. The van der Waals surface area contributed by atoms with Crippen LogP contribution >= 0.6 is 0 Å². The molecular formula is C20H19F3O2. The second-order valence-electron chi connectivity index (χ2n) is 5.27. The molecule has 0 aliphatic carbocycles. The van der Waals surface area contributed by atoms with Crippen LogP contribution in [-0.2, 0) is 6.18 Å². The summed E-state index contributed by atoms with van der Waals surface area (Å²) in [7, 11) is 3.13. The molecule has 0 N–H and O–H groups in total. The van der Waals surface area contributed by atoms with Crippen molar-refractivity contribution in [1.29, 1.82) is 0 Å². The Labute approximate surface area is 145 Å². The summed E-state index contributed by atoms with van der Waals surface area (Å²) in [4.78, 5) is 0. The largest absolute Gasteiger partial charge is 0.493 e. The second kappa shape index (κ2) is 7.92. The van der Waals surface area contributed by atoms with Gasteiger partial charge in [0.05, 0.1) is 19.8 Å². The molecule has 132 valence electrons. The lowest BCUT2D eigenvalue weighted by atomic mass is 10.0. The van der Waals surface area contributed by atoms with E-state index in [-0.39, 0.29) is 0 Å². The summed E-state index contributed by atoms with van der Waals surface area (Å²) in [5, 5.41) is 0. The van der Waals surface area contributed by atoms with Crippen molar-refractivity contribution in [3.63, 3.8) is 0 Å². The van der Waals surface area contributed by atoms with Crippen molar-refractivity contribution < 1.29 is 22.6 Å². The summed E-state index contributed by atoms with van der Waals surface area (Å²) in [6, 6.07) is 10.6. The number of hydrogen-bond donors (Lipinski definition) is 0. The molecule has 0 amide bonds. The highest BCUT2D eigenvalue weighted by atomic mass is 19.4. The minimum atomic E-state index is -4.32. The van der Waals surface area contributed by atoms with Crippen molar-refractivity contribution in [3.05, 3.63) is 71.3 Å². The molecule has 5 heteroatoms. The molecule has 0 heterocycles. The Bertz CT molecular complexity index is 773. The summed E-state index contributed by atoms with van der Waals surface area (Å²) in [6.07, 6.45) is 1.22. The zero-order chi connectivity index (χ0) is 18.4. The Morgan fingerprint density at radius 2 is 1.56 bits per heavy atom. The van der Waals surface area contributed by atoms with Gasteiger partial charge in [-0.3, -0.25) is 0 Å². The zero-order valence-electron chi connectivity index (χ0n) is 14.2. The van der Waals surface area contributed by atoms with Crippen LogP contribution in [-0.4, -0.2) is 14.2 Å². The Morgan fingerprint density at radius 1 is 0.920 bits per heavy atom. The van der Waals surface area contributed by atoms with Crippen LogP contribution in [0.1, 0.15) is 23.6 Å². The normalized spacial score (nSPS) is 12.5. The van der Waals surface area contributed by atoms with Gasteiger partial charge in [-0.1, -0.05) is 36.4 Å². The molecule has 2 rings (SSSR count). The van der Waals surface area contributed by atoms with Crippen molar-refractivity contribution in [2.24, 2.45) is 0 Å². The van der Waals surface area contributed by atoms with Gasteiger partial charge in [-0.15, -0.1) is 0 Å². The Hall–Kier alpha value is -2.69. The molecule has 0 unspecified atom stereocenters. The van der Waals surface area contributed by atoms with E-state index < -0.39 is 11.7 Å². The standard InChI is InChI=1S/C20H19F3O2/c1-4-15(16-9-12-18(24-2)19(13-16)25-3)8-5-14-6-10-17(11-7-14)20(21,22)23/h4-13H,1-3H3. The summed E-state index contributed by atoms with van der Waals surface area (Å²) in [5.41, 5.74) is 1.87. The maximum atomic E-state index is 12.6. The average Bonchev–Trinajstić information content (AvgIpc) is 2.61. The molecule has 0 fully saturated rings. The summed E-state index contributed by atoms with van der Waals surface area (Å²) in [6.45, 7) is 1.89. The molecule has 2 aromatic rings. The van der Waals surface area contributed by atoms with Gasteiger partial charge >= 0.3 is 6.18 Å². The molecule has 0 saturated heterocycles. The number of alkyl halides is 3. The molecule has 0 atom stereocenters. The molecule has 25 heavy (non-hydrogen) atoms. The minimum Gasteiger partial charge on any atom is -0.493 e. The third-order valence-corrected chi connectivity index (χ3v) is 3.72. The highest BCUT2D eigenvalue weighted by molar-refractivity contribution is 5.79. The van der Waals surface area contributed by atoms with Gasteiger partial charge < -0.3 is 9.47 Å². The van der Waals surface area contributed by atoms with Crippen LogP contribution in [0.25, 0.3) is 11.6 Å². The summed E-state index contributed by atoms with van der Waals surface area (Å²) >= 11 is 0. The molecule has 0 spiro atoms. The predicted octanol–water partition coefficient (Wildman–Crippen LogP) is 5.84. The number of ether oxygens (including phenoxy) is 2. The van der Waals surface area contributed by atoms with E-state index in [1.165, 1.54) is 12.1 Å². The first kappa shape index (κ1) is 18.6. The van der Waals surface area contributed by atoms with Crippen LogP contribution in [0.4, 0.5) is 13.2 Å². The molecule has 0 aromatic heterocycles. The van der Waals surface area contributed by atoms with Crippen molar-refractivity contribution in [2.75, 3.05) is 14.2 Å². The van der Waals surface area contributed by atoms with Crippen molar-refractivity contribution in [1.82, 2.24) is 0 Å². The van der Waals surface area contributed by atoms with Crippen LogP contribution in [0.5, 0.6) is 11.5 Å². The van der Waals surface area contributed by atoms with E-state index >= 15 is 0 Å². The first-order chi connectivity index (χ1) is 11.9. The number of methoxy groups -OCH3 is 2. The zero-order valence-corrected chi connectivity index (χ0v) is 14.2. The number of halogens is 3. The Kier molecular flexibility index (Phi) is 5.91. The van der Waals surface area contributed by atoms with E-state index in [1.807, 2.05) is 37.3 Å². The van der Waals surface area contributed by atoms with Gasteiger partial charge in [0.25, 0.3) is 0 Å². The van der Waals surface area contributed by atoms with Gasteiger partial charge in [-0.2, -0.15) is 13.2 Å². The lowest BCUT2D eigenvalue weighted by Crippen LogP contribution is -2.03. The van der Waals surface area contributed by atoms with E-state index in [0.717, 1.165) is 23.3 Å². The third-order valence-electron chi connectivity index (χ3n) is 3.72. The maximum Gasteiger partial charge on any atom is 0.416 e. The first-order valence-electron chi connectivity index (χ1n) is 7.63. The lowest BCUT2D eigenvalue weighted by Gasteiger charge is -2.10. The van der Waals surface area contributed by atoms with E-state index in [1.54, 1.807) is 20.3 Å². The SMILES string of the molecule is CC=C(C=Cc1ccc(C(F)(F)F)cc1)c1ccc(OC)c(OC)c1.